The third-order valence-electron chi connectivity index (χ3n) is 8.53. The van der Waals surface area contributed by atoms with Gasteiger partial charge in [0.05, 0.1) is 17.9 Å². The molecule has 2 N–H and O–H groups in total. The average molecular weight is 464 g/mol. The molecule has 2 saturated heterocycles. The predicted molar refractivity (Wildman–Crippen MR) is 127 cm³/mol. The Morgan fingerprint density at radius 2 is 1.79 bits per heavy atom. The van der Waals surface area contributed by atoms with Crippen LogP contribution in [0.4, 0.5) is 5.69 Å². The highest BCUT2D eigenvalue weighted by Gasteiger charge is 2.74. The average Bonchev–Trinajstić information content (AvgIpc) is 3.41. The summed E-state index contributed by atoms with van der Waals surface area (Å²) in [5, 5.41) is 6.24. The molecule has 0 aromatic heterocycles. The van der Waals surface area contributed by atoms with Crippen LogP contribution in [0.2, 0.25) is 0 Å². The van der Waals surface area contributed by atoms with E-state index in [1.165, 1.54) is 6.42 Å². The van der Waals surface area contributed by atoms with E-state index in [1.54, 1.807) is 4.90 Å². The minimum Gasteiger partial charge on any atom is -0.359 e. The molecule has 3 aliphatic heterocycles. The highest BCUT2D eigenvalue weighted by molar-refractivity contribution is 6.03. The number of nitrogens with zero attached hydrogens (tertiary/aromatic N) is 1. The van der Waals surface area contributed by atoms with Crippen molar-refractivity contribution in [2.24, 2.45) is 11.8 Å². The normalized spacial score (nSPS) is 34.4. The number of hydrogen-bond acceptors (Lipinski definition) is 4. The summed E-state index contributed by atoms with van der Waals surface area (Å²) in [5.74, 6) is -1.78. The quantitative estimate of drug-likeness (QED) is 0.657. The molecule has 1 aromatic rings. The van der Waals surface area contributed by atoms with Gasteiger partial charge in [0.1, 0.15) is 11.6 Å². The third kappa shape index (κ3) is 3.31. The summed E-state index contributed by atoms with van der Waals surface area (Å²) >= 11 is 0. The zero-order chi connectivity index (χ0) is 23.6. The van der Waals surface area contributed by atoms with E-state index in [1.807, 2.05) is 44.2 Å². The second-order valence-corrected chi connectivity index (χ2v) is 10.8. The Labute approximate surface area is 200 Å². The fourth-order valence-corrected chi connectivity index (χ4v) is 6.52. The molecule has 3 heterocycles. The summed E-state index contributed by atoms with van der Waals surface area (Å²) in [6.45, 7) is 4.04. The molecule has 1 aromatic carbocycles. The predicted octanol–water partition coefficient (Wildman–Crippen LogP) is 3.00. The summed E-state index contributed by atoms with van der Waals surface area (Å²) in [6.07, 6.45) is 10.5. The fraction of sp³-hybridized carbons (Fsp3) is 0.593. The second-order valence-electron chi connectivity index (χ2n) is 10.8. The Bertz CT molecular complexity index is 1070. The van der Waals surface area contributed by atoms with Crippen molar-refractivity contribution >= 4 is 23.4 Å². The number of fused-ring (bicyclic) bond motifs is 1. The largest absolute Gasteiger partial charge is 0.359 e. The van der Waals surface area contributed by atoms with Gasteiger partial charge in [-0.05, 0) is 62.8 Å². The number of ether oxygens (including phenoxy) is 1. The lowest BCUT2D eigenvalue weighted by atomic mass is 9.74. The molecular formula is C27H33N3O4. The van der Waals surface area contributed by atoms with Gasteiger partial charge in [0.2, 0.25) is 17.7 Å². The van der Waals surface area contributed by atoms with Gasteiger partial charge in [-0.1, -0.05) is 37.5 Å². The highest BCUT2D eigenvalue weighted by atomic mass is 16.5. The molecule has 6 rings (SSSR count). The number of carbonyl (C=O) groups is 3. The highest BCUT2D eigenvalue weighted by Crippen LogP contribution is 2.57. The van der Waals surface area contributed by atoms with E-state index in [4.69, 9.17) is 4.74 Å². The van der Waals surface area contributed by atoms with E-state index in [2.05, 4.69) is 10.6 Å². The number of anilines is 1. The van der Waals surface area contributed by atoms with Crippen LogP contribution >= 0.6 is 0 Å². The molecule has 2 saturated carbocycles. The maximum atomic E-state index is 13.8. The summed E-state index contributed by atoms with van der Waals surface area (Å²) in [4.78, 5) is 42.7. The maximum absolute atomic E-state index is 13.8. The molecule has 7 nitrogen and oxygen atoms in total. The number of nitrogens with one attached hydrogen (secondary N) is 2. The van der Waals surface area contributed by atoms with Gasteiger partial charge >= 0.3 is 0 Å². The zero-order valence-corrected chi connectivity index (χ0v) is 19.9. The van der Waals surface area contributed by atoms with Gasteiger partial charge in [0.25, 0.3) is 0 Å². The Hall–Kier alpha value is -2.67. The molecule has 1 spiro atoms. The van der Waals surface area contributed by atoms with Gasteiger partial charge in [0, 0.05) is 17.8 Å². The molecule has 7 heteroatoms. The molecular weight excluding hydrogens is 430 g/mol. The minimum atomic E-state index is -1.06. The molecule has 5 atom stereocenters. The number of hydrogen-bond donors (Lipinski definition) is 2. The number of amides is 3. The van der Waals surface area contributed by atoms with Crippen molar-refractivity contribution in [1.82, 2.24) is 10.2 Å². The standard InChI is InChI=1S/C27H33N3O4/c1-15-8-9-18(14-16(15)2)29-24(31)21-20-12-13-27(34-20)22(21)26(33)30(19-10-11-19)23(27)25(32)28-17-6-4-3-5-7-17/h8-9,12-14,17,19-23H,3-7,10-11H2,1-2H3,(H,28,32)(H,29,31)/t20-,21+,22-,23-,27-/m0/s1. The maximum Gasteiger partial charge on any atom is 0.246 e. The molecule has 5 aliphatic rings. The van der Waals surface area contributed by atoms with Gasteiger partial charge in [-0.25, -0.2) is 0 Å². The van der Waals surface area contributed by atoms with Gasteiger partial charge in [-0.2, -0.15) is 0 Å². The summed E-state index contributed by atoms with van der Waals surface area (Å²) in [5.41, 5.74) is 1.90. The van der Waals surface area contributed by atoms with Crippen molar-refractivity contribution in [3.8, 4) is 0 Å². The SMILES string of the molecule is Cc1ccc(NC(=O)[C@@H]2[C@@H]3C=C[C@]4(O3)[C@@H]2C(=O)N(C2CC2)[C@H]4C(=O)NC2CCCCC2)cc1C. The molecule has 180 valence electrons. The minimum absolute atomic E-state index is 0.0640. The van der Waals surface area contributed by atoms with Crippen LogP contribution in [0.25, 0.3) is 0 Å². The van der Waals surface area contributed by atoms with Crippen LogP contribution in [0.1, 0.15) is 56.1 Å². The lowest BCUT2D eigenvalue weighted by Gasteiger charge is -2.34. The van der Waals surface area contributed by atoms with E-state index >= 15 is 0 Å². The van der Waals surface area contributed by atoms with Crippen LogP contribution in [-0.4, -0.2) is 52.5 Å². The van der Waals surface area contributed by atoms with Crippen molar-refractivity contribution in [1.29, 1.82) is 0 Å². The van der Waals surface area contributed by atoms with Gasteiger partial charge in [-0.3, -0.25) is 14.4 Å². The van der Waals surface area contributed by atoms with E-state index in [0.717, 1.165) is 49.7 Å². The Morgan fingerprint density at radius 3 is 2.50 bits per heavy atom. The van der Waals surface area contributed by atoms with Gasteiger partial charge < -0.3 is 20.3 Å². The van der Waals surface area contributed by atoms with E-state index in [9.17, 15) is 14.4 Å². The summed E-state index contributed by atoms with van der Waals surface area (Å²) in [7, 11) is 0. The van der Waals surface area contributed by atoms with Crippen LogP contribution in [0.3, 0.4) is 0 Å². The van der Waals surface area contributed by atoms with Crippen molar-refractivity contribution in [3.63, 3.8) is 0 Å². The van der Waals surface area contributed by atoms with E-state index < -0.39 is 29.6 Å². The monoisotopic (exact) mass is 463 g/mol. The van der Waals surface area contributed by atoms with Gasteiger partial charge in [0.15, 0.2) is 0 Å². The molecule has 4 fully saturated rings. The fourth-order valence-electron chi connectivity index (χ4n) is 6.52. The van der Waals surface area contributed by atoms with Crippen molar-refractivity contribution in [2.45, 2.75) is 88.6 Å². The van der Waals surface area contributed by atoms with Crippen LogP contribution in [0.15, 0.2) is 30.4 Å². The number of rotatable bonds is 5. The topological polar surface area (TPSA) is 87.7 Å². The summed E-state index contributed by atoms with van der Waals surface area (Å²) < 4.78 is 6.40. The van der Waals surface area contributed by atoms with E-state index in [0.29, 0.717) is 5.69 Å². The lowest BCUT2D eigenvalue weighted by Crippen LogP contribution is -2.57. The van der Waals surface area contributed by atoms with Crippen LogP contribution in [0.5, 0.6) is 0 Å². The zero-order valence-electron chi connectivity index (χ0n) is 19.9. The first kappa shape index (κ1) is 21.8. The summed E-state index contributed by atoms with van der Waals surface area (Å²) in [6, 6.07) is 5.31. The van der Waals surface area contributed by atoms with Crippen LogP contribution < -0.4 is 10.6 Å². The van der Waals surface area contributed by atoms with Crippen LogP contribution in [0, 0.1) is 25.7 Å². The first-order valence-electron chi connectivity index (χ1n) is 12.8. The first-order chi connectivity index (χ1) is 16.4. The van der Waals surface area contributed by atoms with Crippen molar-refractivity contribution < 1.29 is 19.1 Å². The molecule has 2 aliphatic carbocycles. The lowest BCUT2D eigenvalue weighted by molar-refractivity contribution is -0.142. The number of benzene rings is 1. The Morgan fingerprint density at radius 1 is 1.03 bits per heavy atom. The van der Waals surface area contributed by atoms with Crippen molar-refractivity contribution in [2.75, 3.05) is 5.32 Å². The second kappa shape index (κ2) is 7.94. The van der Waals surface area contributed by atoms with Crippen molar-refractivity contribution in [3.05, 3.63) is 41.5 Å². The Kier molecular flexibility index (Phi) is 5.10. The number of carbonyl (C=O) groups excluding carboxylic acids is 3. The smallest absolute Gasteiger partial charge is 0.246 e. The van der Waals surface area contributed by atoms with E-state index in [-0.39, 0.29) is 29.8 Å². The molecule has 3 amide bonds. The number of aryl methyl sites for hydroxylation is 2. The van der Waals surface area contributed by atoms with Gasteiger partial charge in [-0.15, -0.1) is 0 Å². The first-order valence-corrected chi connectivity index (χ1v) is 12.8. The molecule has 0 unspecified atom stereocenters. The Balaban J connectivity index is 1.29. The third-order valence-corrected chi connectivity index (χ3v) is 8.53. The number of likely N-dealkylation sites (tertiary alicyclic amines) is 1. The molecule has 2 bridgehead atoms. The molecule has 34 heavy (non-hydrogen) atoms. The van der Waals surface area contributed by atoms with Crippen LogP contribution in [-0.2, 0) is 19.1 Å². The molecule has 0 radical (unpaired) electrons.